The molecule has 0 aliphatic carbocycles. The van der Waals surface area contributed by atoms with Crippen molar-refractivity contribution in [2.24, 2.45) is 0 Å². The number of hydrogen-bond donors (Lipinski definition) is 1. The fraction of sp³-hybridized carbons (Fsp3) is 0.500. The van der Waals surface area contributed by atoms with Gasteiger partial charge in [-0.3, -0.25) is 0 Å². The van der Waals surface area contributed by atoms with Crippen LogP contribution in [0, 0.1) is 0 Å². The average molecular weight is 235 g/mol. The largest absolute Gasteiger partial charge is 0.352 e. The molecule has 2 rings (SSSR count). The maximum absolute atomic E-state index is 5.92. The molecule has 1 aromatic heterocycles. The Balaban J connectivity index is 0.000000980. The second-order valence-electron chi connectivity index (χ2n) is 2.91. The summed E-state index contributed by atoms with van der Waals surface area (Å²) >= 11 is 5.92. The van der Waals surface area contributed by atoms with Crippen LogP contribution >= 0.6 is 24.0 Å². The van der Waals surface area contributed by atoms with Crippen molar-refractivity contribution < 1.29 is 0 Å². The molecule has 0 amide bonds. The summed E-state index contributed by atoms with van der Waals surface area (Å²) < 4.78 is 0. The summed E-state index contributed by atoms with van der Waals surface area (Å²) in [5, 5.41) is 3.76. The van der Waals surface area contributed by atoms with Crippen LogP contribution in [0.1, 0.15) is 0 Å². The zero-order valence-corrected chi connectivity index (χ0v) is 9.18. The van der Waals surface area contributed by atoms with Gasteiger partial charge in [0, 0.05) is 38.6 Å². The van der Waals surface area contributed by atoms with E-state index in [9.17, 15) is 0 Å². The lowest BCUT2D eigenvalue weighted by Crippen LogP contribution is -2.44. The zero-order chi connectivity index (χ0) is 9.10. The summed E-state index contributed by atoms with van der Waals surface area (Å²) in [6.07, 6.45) is 3.28. The van der Waals surface area contributed by atoms with E-state index in [-0.39, 0.29) is 12.4 Å². The van der Waals surface area contributed by atoms with E-state index in [2.05, 4.69) is 20.2 Å². The molecule has 0 aromatic carbocycles. The summed E-state index contributed by atoms with van der Waals surface area (Å²) in [4.78, 5) is 10.3. The van der Waals surface area contributed by atoms with Crippen LogP contribution < -0.4 is 10.2 Å². The molecule has 6 heteroatoms. The highest BCUT2D eigenvalue weighted by Gasteiger charge is 2.14. The van der Waals surface area contributed by atoms with Gasteiger partial charge in [-0.2, -0.15) is 0 Å². The van der Waals surface area contributed by atoms with Crippen LogP contribution in [0.15, 0.2) is 12.4 Å². The highest BCUT2D eigenvalue weighted by atomic mass is 35.5. The van der Waals surface area contributed by atoms with Crippen LogP contribution in [0.25, 0.3) is 0 Å². The van der Waals surface area contributed by atoms with E-state index >= 15 is 0 Å². The van der Waals surface area contributed by atoms with Gasteiger partial charge >= 0.3 is 0 Å². The molecule has 0 unspecified atom stereocenters. The molecule has 4 nitrogen and oxygen atoms in total. The van der Waals surface area contributed by atoms with Crippen molar-refractivity contribution >= 4 is 29.8 Å². The van der Waals surface area contributed by atoms with Gasteiger partial charge in [-0.25, -0.2) is 9.97 Å². The van der Waals surface area contributed by atoms with Crippen LogP contribution in [0.4, 0.5) is 5.82 Å². The van der Waals surface area contributed by atoms with E-state index in [0.717, 1.165) is 32.0 Å². The number of nitrogens with zero attached hydrogens (tertiary/aromatic N) is 3. The molecule has 2 heterocycles. The molecule has 1 saturated heterocycles. The molecule has 1 aromatic rings. The first-order valence-corrected chi connectivity index (χ1v) is 4.68. The summed E-state index contributed by atoms with van der Waals surface area (Å²) in [6.45, 7) is 3.84. The van der Waals surface area contributed by atoms with Crippen molar-refractivity contribution in [1.82, 2.24) is 15.3 Å². The van der Waals surface area contributed by atoms with Crippen LogP contribution in [0.5, 0.6) is 0 Å². The van der Waals surface area contributed by atoms with Gasteiger partial charge in [0.15, 0.2) is 11.0 Å². The fourth-order valence-electron chi connectivity index (χ4n) is 1.40. The lowest BCUT2D eigenvalue weighted by molar-refractivity contribution is 0.584. The Kier molecular flexibility index (Phi) is 4.38. The second-order valence-corrected chi connectivity index (χ2v) is 3.27. The Bertz CT molecular complexity index is 288. The number of rotatable bonds is 1. The van der Waals surface area contributed by atoms with E-state index in [1.807, 2.05) is 0 Å². The maximum atomic E-state index is 5.92. The van der Waals surface area contributed by atoms with Crippen LogP contribution in [-0.4, -0.2) is 36.1 Å². The third-order valence-electron chi connectivity index (χ3n) is 2.05. The Morgan fingerprint density at radius 2 is 1.86 bits per heavy atom. The van der Waals surface area contributed by atoms with E-state index in [4.69, 9.17) is 11.6 Å². The summed E-state index contributed by atoms with van der Waals surface area (Å²) in [7, 11) is 0. The third-order valence-corrected chi connectivity index (χ3v) is 2.32. The SMILES string of the molecule is Cl.Clc1nccnc1N1CCNCC1. The molecule has 0 bridgehead atoms. The molecular weight excluding hydrogens is 223 g/mol. The number of hydrogen-bond acceptors (Lipinski definition) is 4. The average Bonchev–Trinajstić information content (AvgIpc) is 2.20. The van der Waals surface area contributed by atoms with Gasteiger partial charge in [0.25, 0.3) is 0 Å². The van der Waals surface area contributed by atoms with Crippen molar-refractivity contribution in [1.29, 1.82) is 0 Å². The van der Waals surface area contributed by atoms with Gasteiger partial charge in [-0.05, 0) is 0 Å². The highest BCUT2D eigenvalue weighted by Crippen LogP contribution is 2.19. The molecule has 1 aliphatic heterocycles. The van der Waals surface area contributed by atoms with Crippen LogP contribution in [-0.2, 0) is 0 Å². The van der Waals surface area contributed by atoms with Gasteiger partial charge in [-0.1, -0.05) is 11.6 Å². The van der Waals surface area contributed by atoms with E-state index in [1.165, 1.54) is 0 Å². The molecule has 0 spiro atoms. The lowest BCUT2D eigenvalue weighted by Gasteiger charge is -2.28. The summed E-state index contributed by atoms with van der Waals surface area (Å²) in [6, 6.07) is 0. The molecule has 0 atom stereocenters. The molecule has 78 valence electrons. The molecule has 1 fully saturated rings. The number of halogens is 2. The predicted octanol–water partition coefficient (Wildman–Crippen LogP) is 0.961. The third kappa shape index (κ3) is 2.47. The fourth-order valence-corrected chi connectivity index (χ4v) is 1.63. The zero-order valence-electron chi connectivity index (χ0n) is 7.61. The molecular formula is C8H12Cl2N4. The van der Waals surface area contributed by atoms with Crippen LogP contribution in [0.2, 0.25) is 5.15 Å². The Morgan fingerprint density at radius 3 is 2.50 bits per heavy atom. The first-order chi connectivity index (χ1) is 6.38. The highest BCUT2D eigenvalue weighted by molar-refractivity contribution is 6.31. The Labute approximate surface area is 94.1 Å². The quantitative estimate of drug-likeness (QED) is 0.787. The number of piperazine rings is 1. The van der Waals surface area contributed by atoms with Gasteiger partial charge in [0.05, 0.1) is 0 Å². The van der Waals surface area contributed by atoms with Crippen molar-refractivity contribution in [3.63, 3.8) is 0 Å². The first kappa shape index (κ1) is 11.5. The van der Waals surface area contributed by atoms with Gasteiger partial charge in [0.2, 0.25) is 0 Å². The van der Waals surface area contributed by atoms with Crippen molar-refractivity contribution in [2.75, 3.05) is 31.1 Å². The van der Waals surface area contributed by atoms with Gasteiger partial charge in [-0.15, -0.1) is 12.4 Å². The monoisotopic (exact) mass is 234 g/mol. The van der Waals surface area contributed by atoms with Crippen molar-refractivity contribution in [3.05, 3.63) is 17.5 Å². The normalized spacial score (nSPS) is 16.2. The second kappa shape index (κ2) is 5.34. The minimum atomic E-state index is 0. The number of anilines is 1. The van der Waals surface area contributed by atoms with Gasteiger partial charge < -0.3 is 10.2 Å². The van der Waals surface area contributed by atoms with E-state index < -0.39 is 0 Å². The minimum Gasteiger partial charge on any atom is -0.352 e. The smallest absolute Gasteiger partial charge is 0.171 e. The number of aromatic nitrogens is 2. The molecule has 14 heavy (non-hydrogen) atoms. The molecule has 0 radical (unpaired) electrons. The van der Waals surface area contributed by atoms with E-state index in [1.54, 1.807) is 12.4 Å². The standard InChI is InChI=1S/C8H11ClN4.ClH/c9-7-8(12-2-1-11-7)13-5-3-10-4-6-13;/h1-2,10H,3-6H2;1H. The molecule has 1 N–H and O–H groups in total. The molecule has 1 aliphatic rings. The minimum absolute atomic E-state index is 0. The van der Waals surface area contributed by atoms with Crippen molar-refractivity contribution in [3.8, 4) is 0 Å². The first-order valence-electron chi connectivity index (χ1n) is 4.30. The number of nitrogens with one attached hydrogen (secondary N) is 1. The maximum Gasteiger partial charge on any atom is 0.171 e. The Morgan fingerprint density at radius 1 is 1.21 bits per heavy atom. The Hall–Kier alpha value is -0.580. The van der Waals surface area contributed by atoms with Crippen molar-refractivity contribution in [2.45, 2.75) is 0 Å². The van der Waals surface area contributed by atoms with Gasteiger partial charge in [0.1, 0.15) is 0 Å². The lowest BCUT2D eigenvalue weighted by atomic mass is 10.3. The van der Waals surface area contributed by atoms with Crippen LogP contribution in [0.3, 0.4) is 0 Å². The topological polar surface area (TPSA) is 41.1 Å². The predicted molar refractivity (Wildman–Crippen MR) is 59.4 cm³/mol. The molecule has 0 saturated carbocycles. The summed E-state index contributed by atoms with van der Waals surface area (Å²) in [5.41, 5.74) is 0. The van der Waals surface area contributed by atoms with E-state index in [0.29, 0.717) is 5.15 Å². The summed E-state index contributed by atoms with van der Waals surface area (Å²) in [5.74, 6) is 0.797.